The molecular formula is C20H14FNO5. The van der Waals surface area contributed by atoms with Crippen molar-refractivity contribution < 1.29 is 28.2 Å². The van der Waals surface area contributed by atoms with Crippen molar-refractivity contribution in [1.29, 1.82) is 0 Å². The Morgan fingerprint density at radius 2 is 1.93 bits per heavy atom. The van der Waals surface area contributed by atoms with Crippen LogP contribution in [0, 0.1) is 12.7 Å². The maximum atomic E-state index is 14.9. The van der Waals surface area contributed by atoms with Crippen molar-refractivity contribution in [3.8, 4) is 17.2 Å². The van der Waals surface area contributed by atoms with E-state index >= 15 is 0 Å². The largest absolute Gasteiger partial charge is 0.497 e. The van der Waals surface area contributed by atoms with E-state index in [0.29, 0.717) is 22.4 Å². The summed E-state index contributed by atoms with van der Waals surface area (Å²) in [6, 6.07) is 9.75. The number of aromatic carboxylic acids is 1. The lowest BCUT2D eigenvalue weighted by molar-refractivity contribution is 0.0697. The fraction of sp³-hybridized carbons (Fsp3) is 0.100. The second kappa shape index (κ2) is 6.28. The summed E-state index contributed by atoms with van der Waals surface area (Å²) in [5.41, 5.74) is 0.426. The van der Waals surface area contributed by atoms with Crippen LogP contribution in [0.2, 0.25) is 0 Å². The van der Waals surface area contributed by atoms with Crippen LogP contribution in [0.3, 0.4) is 0 Å². The van der Waals surface area contributed by atoms with E-state index in [-0.39, 0.29) is 28.0 Å². The first-order valence-electron chi connectivity index (χ1n) is 8.05. The monoisotopic (exact) mass is 367 g/mol. The van der Waals surface area contributed by atoms with Crippen LogP contribution in [0.4, 0.5) is 4.39 Å². The summed E-state index contributed by atoms with van der Waals surface area (Å²) in [5.74, 6) is -0.823. The third-order valence-corrected chi connectivity index (χ3v) is 4.28. The number of pyridine rings is 1. The zero-order valence-corrected chi connectivity index (χ0v) is 14.4. The molecule has 0 amide bonds. The molecule has 2 heterocycles. The standard InChI is InChI=1S/C20H14FNO5/c1-10-17(20(23)24)13-5-6-16(18(21)19(13)26-10)27-15-7-8-22-14-9-11(25-2)3-4-12(14)15/h3-9H,1-2H3,(H,23,24). The fourth-order valence-corrected chi connectivity index (χ4v) is 3.01. The average Bonchev–Trinajstić information content (AvgIpc) is 3.00. The van der Waals surface area contributed by atoms with Gasteiger partial charge in [-0.05, 0) is 37.3 Å². The van der Waals surface area contributed by atoms with Crippen molar-refractivity contribution >= 4 is 27.8 Å². The summed E-state index contributed by atoms with van der Waals surface area (Å²) in [7, 11) is 1.56. The Balaban J connectivity index is 1.81. The molecule has 0 aliphatic heterocycles. The quantitative estimate of drug-likeness (QED) is 0.551. The Kier molecular flexibility index (Phi) is 3.92. The van der Waals surface area contributed by atoms with Crippen LogP contribution in [0.25, 0.3) is 21.9 Å². The van der Waals surface area contributed by atoms with Gasteiger partial charge in [-0.25, -0.2) is 4.79 Å². The highest BCUT2D eigenvalue weighted by atomic mass is 19.1. The number of hydrogen-bond donors (Lipinski definition) is 1. The number of carboxylic acids is 1. The van der Waals surface area contributed by atoms with E-state index in [4.69, 9.17) is 13.9 Å². The number of nitrogens with zero attached hydrogens (tertiary/aromatic N) is 1. The second-order valence-electron chi connectivity index (χ2n) is 5.89. The predicted octanol–water partition coefficient (Wildman–Crippen LogP) is 4.93. The normalized spacial score (nSPS) is 11.1. The number of carbonyl (C=O) groups is 1. The van der Waals surface area contributed by atoms with E-state index in [1.807, 2.05) is 0 Å². The highest BCUT2D eigenvalue weighted by Gasteiger charge is 2.22. The van der Waals surface area contributed by atoms with Gasteiger partial charge in [-0.3, -0.25) is 4.98 Å². The Hall–Kier alpha value is -3.61. The molecule has 0 unspecified atom stereocenters. The number of ether oxygens (including phenoxy) is 2. The van der Waals surface area contributed by atoms with Crippen molar-refractivity contribution in [2.75, 3.05) is 7.11 Å². The lowest BCUT2D eigenvalue weighted by Gasteiger charge is -2.10. The van der Waals surface area contributed by atoms with Crippen molar-refractivity contribution in [1.82, 2.24) is 4.98 Å². The highest BCUT2D eigenvalue weighted by Crippen LogP contribution is 2.36. The molecule has 0 saturated carbocycles. The SMILES string of the molecule is COc1ccc2c(Oc3ccc4c(C(=O)O)c(C)oc4c3F)ccnc2c1. The zero-order chi connectivity index (χ0) is 19.1. The van der Waals surface area contributed by atoms with E-state index in [1.165, 1.54) is 19.1 Å². The first-order chi connectivity index (χ1) is 13.0. The number of hydrogen-bond acceptors (Lipinski definition) is 5. The van der Waals surface area contributed by atoms with Crippen LogP contribution in [0.15, 0.2) is 47.0 Å². The Morgan fingerprint density at radius 1 is 1.15 bits per heavy atom. The molecule has 7 heteroatoms. The summed E-state index contributed by atoms with van der Waals surface area (Å²) < 4.78 is 31.1. The van der Waals surface area contributed by atoms with Crippen molar-refractivity contribution in [3.63, 3.8) is 0 Å². The summed E-state index contributed by atoms with van der Waals surface area (Å²) in [6.45, 7) is 1.48. The van der Waals surface area contributed by atoms with Gasteiger partial charge in [-0.1, -0.05) is 0 Å². The number of fused-ring (bicyclic) bond motifs is 2. The lowest BCUT2D eigenvalue weighted by Crippen LogP contribution is -1.97. The maximum Gasteiger partial charge on any atom is 0.339 e. The third kappa shape index (κ3) is 2.73. The third-order valence-electron chi connectivity index (χ3n) is 4.28. The van der Waals surface area contributed by atoms with E-state index in [2.05, 4.69) is 4.98 Å². The molecule has 0 aliphatic carbocycles. The maximum absolute atomic E-state index is 14.9. The smallest absolute Gasteiger partial charge is 0.339 e. The van der Waals surface area contributed by atoms with Gasteiger partial charge in [-0.15, -0.1) is 0 Å². The molecule has 2 aromatic heterocycles. The number of carboxylic acid groups (broad SMARTS) is 1. The van der Waals surface area contributed by atoms with E-state index in [0.717, 1.165) is 0 Å². The predicted molar refractivity (Wildman–Crippen MR) is 96.2 cm³/mol. The van der Waals surface area contributed by atoms with Crippen LogP contribution in [0.5, 0.6) is 17.2 Å². The fourth-order valence-electron chi connectivity index (χ4n) is 3.01. The summed E-state index contributed by atoms with van der Waals surface area (Å²) in [6.07, 6.45) is 1.55. The number of aromatic nitrogens is 1. The number of methoxy groups -OCH3 is 1. The number of halogens is 1. The Morgan fingerprint density at radius 3 is 2.67 bits per heavy atom. The van der Waals surface area contributed by atoms with Gasteiger partial charge in [0.25, 0.3) is 0 Å². The van der Waals surface area contributed by atoms with Crippen LogP contribution in [-0.4, -0.2) is 23.2 Å². The molecule has 0 atom stereocenters. The summed E-state index contributed by atoms with van der Waals surface area (Å²) in [5, 5.41) is 10.1. The van der Waals surface area contributed by atoms with Crippen LogP contribution in [-0.2, 0) is 0 Å². The van der Waals surface area contributed by atoms with Crippen molar-refractivity contribution in [2.45, 2.75) is 6.92 Å². The van der Waals surface area contributed by atoms with Gasteiger partial charge in [-0.2, -0.15) is 4.39 Å². The second-order valence-corrected chi connectivity index (χ2v) is 5.89. The molecule has 0 saturated heterocycles. The highest BCUT2D eigenvalue weighted by molar-refractivity contribution is 6.04. The van der Waals surface area contributed by atoms with Gasteiger partial charge in [0.1, 0.15) is 22.8 Å². The number of furan rings is 1. The van der Waals surface area contributed by atoms with Crippen LogP contribution in [0.1, 0.15) is 16.1 Å². The number of benzene rings is 2. The first kappa shape index (κ1) is 16.8. The van der Waals surface area contributed by atoms with E-state index in [1.54, 1.807) is 37.6 Å². The van der Waals surface area contributed by atoms with Gasteiger partial charge in [0, 0.05) is 23.0 Å². The minimum absolute atomic E-state index is 0.0584. The number of aryl methyl sites for hydroxylation is 1. The van der Waals surface area contributed by atoms with Gasteiger partial charge in [0.2, 0.25) is 5.82 Å². The minimum Gasteiger partial charge on any atom is -0.497 e. The molecule has 0 spiro atoms. The molecule has 0 bridgehead atoms. The molecule has 0 fully saturated rings. The molecule has 1 N–H and O–H groups in total. The summed E-state index contributed by atoms with van der Waals surface area (Å²) >= 11 is 0. The van der Waals surface area contributed by atoms with Gasteiger partial charge < -0.3 is 19.0 Å². The molecule has 6 nitrogen and oxygen atoms in total. The zero-order valence-electron chi connectivity index (χ0n) is 14.4. The minimum atomic E-state index is -1.17. The molecule has 27 heavy (non-hydrogen) atoms. The Bertz CT molecular complexity index is 1200. The molecule has 4 aromatic rings. The van der Waals surface area contributed by atoms with Crippen LogP contribution >= 0.6 is 0 Å². The van der Waals surface area contributed by atoms with Crippen LogP contribution < -0.4 is 9.47 Å². The molecule has 0 radical (unpaired) electrons. The molecule has 2 aromatic carbocycles. The van der Waals surface area contributed by atoms with Crippen molar-refractivity contribution in [2.24, 2.45) is 0 Å². The molecule has 4 rings (SSSR count). The Labute approximate surface area is 152 Å². The molecule has 136 valence electrons. The topological polar surface area (TPSA) is 81.8 Å². The average molecular weight is 367 g/mol. The lowest BCUT2D eigenvalue weighted by atomic mass is 10.1. The van der Waals surface area contributed by atoms with E-state index < -0.39 is 11.8 Å². The molecular weight excluding hydrogens is 353 g/mol. The number of rotatable bonds is 4. The first-order valence-corrected chi connectivity index (χ1v) is 8.05. The van der Waals surface area contributed by atoms with Gasteiger partial charge in [0.15, 0.2) is 11.3 Å². The molecule has 0 aliphatic rings. The van der Waals surface area contributed by atoms with E-state index in [9.17, 15) is 14.3 Å². The van der Waals surface area contributed by atoms with Gasteiger partial charge >= 0.3 is 5.97 Å². The summed E-state index contributed by atoms with van der Waals surface area (Å²) in [4.78, 5) is 15.6. The van der Waals surface area contributed by atoms with Crippen molar-refractivity contribution in [3.05, 3.63) is 59.7 Å². The van der Waals surface area contributed by atoms with Gasteiger partial charge in [0.05, 0.1) is 12.6 Å².